The standard InChI is InChI=1S/C19H22N2O4/c1-4-24-16-10-9-14(12-17(16)25-5-2)19(23)21-15-8-6-7-13(11-15)18(22)20-3/h6-12H,4-5H2,1-3H3,(H,20,22)(H,21,23). The summed E-state index contributed by atoms with van der Waals surface area (Å²) in [5.74, 6) is 0.618. The molecule has 132 valence electrons. The first-order valence-corrected chi connectivity index (χ1v) is 8.12. The average molecular weight is 342 g/mol. The maximum Gasteiger partial charge on any atom is 0.255 e. The highest BCUT2D eigenvalue weighted by atomic mass is 16.5. The van der Waals surface area contributed by atoms with Crippen LogP contribution in [0.5, 0.6) is 11.5 Å². The number of benzene rings is 2. The van der Waals surface area contributed by atoms with Crippen LogP contribution in [-0.2, 0) is 0 Å². The molecule has 2 amide bonds. The van der Waals surface area contributed by atoms with Crippen LogP contribution in [0.3, 0.4) is 0 Å². The first-order valence-electron chi connectivity index (χ1n) is 8.12. The Kier molecular flexibility index (Phi) is 6.39. The molecular weight excluding hydrogens is 320 g/mol. The number of rotatable bonds is 7. The van der Waals surface area contributed by atoms with E-state index in [2.05, 4.69) is 10.6 Å². The molecule has 6 heteroatoms. The highest BCUT2D eigenvalue weighted by molar-refractivity contribution is 6.05. The minimum Gasteiger partial charge on any atom is -0.490 e. The summed E-state index contributed by atoms with van der Waals surface area (Å²) in [5, 5.41) is 5.33. The van der Waals surface area contributed by atoms with Crippen molar-refractivity contribution < 1.29 is 19.1 Å². The molecule has 0 aromatic heterocycles. The number of ether oxygens (including phenoxy) is 2. The predicted molar refractivity (Wildman–Crippen MR) is 96.6 cm³/mol. The highest BCUT2D eigenvalue weighted by Gasteiger charge is 2.12. The quantitative estimate of drug-likeness (QED) is 0.811. The van der Waals surface area contributed by atoms with Crippen LogP contribution < -0.4 is 20.1 Å². The molecule has 0 saturated carbocycles. The number of hydrogen-bond donors (Lipinski definition) is 2. The molecular formula is C19H22N2O4. The van der Waals surface area contributed by atoms with Crippen LogP contribution in [0.2, 0.25) is 0 Å². The molecule has 0 bridgehead atoms. The van der Waals surface area contributed by atoms with Gasteiger partial charge in [0.25, 0.3) is 11.8 Å². The topological polar surface area (TPSA) is 76.7 Å². The van der Waals surface area contributed by atoms with E-state index in [1.807, 2.05) is 13.8 Å². The lowest BCUT2D eigenvalue weighted by molar-refractivity contribution is 0.0961. The van der Waals surface area contributed by atoms with Crippen molar-refractivity contribution in [2.24, 2.45) is 0 Å². The Bertz CT molecular complexity index is 759. The zero-order valence-electron chi connectivity index (χ0n) is 14.6. The second-order valence-corrected chi connectivity index (χ2v) is 5.14. The number of carbonyl (C=O) groups excluding carboxylic acids is 2. The van der Waals surface area contributed by atoms with Crippen molar-refractivity contribution in [1.29, 1.82) is 0 Å². The molecule has 25 heavy (non-hydrogen) atoms. The van der Waals surface area contributed by atoms with Crippen molar-refractivity contribution in [3.05, 3.63) is 53.6 Å². The van der Waals surface area contributed by atoms with Gasteiger partial charge in [0.1, 0.15) is 0 Å². The van der Waals surface area contributed by atoms with Crippen LogP contribution in [0, 0.1) is 0 Å². The van der Waals surface area contributed by atoms with E-state index in [0.717, 1.165) is 0 Å². The number of carbonyl (C=O) groups is 2. The molecule has 0 aliphatic carbocycles. The molecule has 0 aliphatic rings. The van der Waals surface area contributed by atoms with Gasteiger partial charge in [-0.25, -0.2) is 0 Å². The van der Waals surface area contributed by atoms with E-state index >= 15 is 0 Å². The Morgan fingerprint density at radius 2 is 1.56 bits per heavy atom. The first-order chi connectivity index (χ1) is 12.1. The van der Waals surface area contributed by atoms with Crippen molar-refractivity contribution in [3.63, 3.8) is 0 Å². The SMILES string of the molecule is CCOc1ccc(C(=O)Nc2cccc(C(=O)NC)c2)cc1OCC. The van der Waals surface area contributed by atoms with E-state index in [4.69, 9.17) is 9.47 Å². The second kappa shape index (κ2) is 8.73. The fourth-order valence-electron chi connectivity index (χ4n) is 2.28. The van der Waals surface area contributed by atoms with Gasteiger partial charge in [-0.15, -0.1) is 0 Å². The largest absolute Gasteiger partial charge is 0.490 e. The lowest BCUT2D eigenvalue weighted by Crippen LogP contribution is -2.18. The van der Waals surface area contributed by atoms with Crippen molar-refractivity contribution in [3.8, 4) is 11.5 Å². The number of anilines is 1. The third-order valence-corrected chi connectivity index (χ3v) is 3.42. The van der Waals surface area contributed by atoms with Crippen LogP contribution in [0.4, 0.5) is 5.69 Å². The molecule has 2 aromatic carbocycles. The van der Waals surface area contributed by atoms with E-state index in [-0.39, 0.29) is 11.8 Å². The minimum absolute atomic E-state index is 0.212. The molecule has 0 fully saturated rings. The Balaban J connectivity index is 2.20. The van der Waals surface area contributed by atoms with Crippen molar-refractivity contribution in [1.82, 2.24) is 5.32 Å². The molecule has 0 radical (unpaired) electrons. The van der Waals surface area contributed by atoms with Crippen LogP contribution in [0.25, 0.3) is 0 Å². The van der Waals surface area contributed by atoms with Gasteiger partial charge < -0.3 is 20.1 Å². The number of hydrogen-bond acceptors (Lipinski definition) is 4. The number of amides is 2. The van der Waals surface area contributed by atoms with Gasteiger partial charge in [-0.05, 0) is 50.2 Å². The molecule has 0 heterocycles. The molecule has 0 spiro atoms. The lowest BCUT2D eigenvalue weighted by atomic mass is 10.1. The summed E-state index contributed by atoms with van der Waals surface area (Å²) in [6.45, 7) is 4.74. The van der Waals surface area contributed by atoms with Crippen LogP contribution in [0.1, 0.15) is 34.6 Å². The second-order valence-electron chi connectivity index (χ2n) is 5.14. The lowest BCUT2D eigenvalue weighted by Gasteiger charge is -2.12. The van der Waals surface area contributed by atoms with Gasteiger partial charge in [-0.1, -0.05) is 6.07 Å². The molecule has 2 N–H and O–H groups in total. The van der Waals surface area contributed by atoms with Gasteiger partial charge in [0, 0.05) is 23.9 Å². The molecule has 6 nitrogen and oxygen atoms in total. The van der Waals surface area contributed by atoms with E-state index < -0.39 is 0 Å². The fourth-order valence-corrected chi connectivity index (χ4v) is 2.28. The highest BCUT2D eigenvalue weighted by Crippen LogP contribution is 2.29. The van der Waals surface area contributed by atoms with Gasteiger partial charge in [-0.2, -0.15) is 0 Å². The Morgan fingerprint density at radius 3 is 2.24 bits per heavy atom. The van der Waals surface area contributed by atoms with Gasteiger partial charge in [0.15, 0.2) is 11.5 Å². The van der Waals surface area contributed by atoms with E-state index in [9.17, 15) is 9.59 Å². The summed E-state index contributed by atoms with van der Waals surface area (Å²) >= 11 is 0. The minimum atomic E-state index is -0.293. The summed E-state index contributed by atoms with van der Waals surface area (Å²) in [6.07, 6.45) is 0. The third-order valence-electron chi connectivity index (χ3n) is 3.42. The van der Waals surface area contributed by atoms with E-state index in [0.29, 0.717) is 41.5 Å². The van der Waals surface area contributed by atoms with E-state index in [1.165, 1.54) is 0 Å². The molecule has 0 saturated heterocycles. The molecule has 2 rings (SSSR count). The van der Waals surface area contributed by atoms with Gasteiger partial charge in [0.2, 0.25) is 0 Å². The summed E-state index contributed by atoms with van der Waals surface area (Å²) in [4.78, 5) is 24.2. The average Bonchev–Trinajstić information content (AvgIpc) is 2.63. The smallest absolute Gasteiger partial charge is 0.255 e. The van der Waals surface area contributed by atoms with Crippen LogP contribution in [-0.4, -0.2) is 32.1 Å². The first kappa shape index (κ1) is 18.3. The van der Waals surface area contributed by atoms with E-state index in [1.54, 1.807) is 49.5 Å². The Hall–Kier alpha value is -3.02. The summed E-state index contributed by atoms with van der Waals surface area (Å²) in [5.41, 5.74) is 1.46. The Morgan fingerprint density at radius 1 is 0.880 bits per heavy atom. The molecule has 0 aliphatic heterocycles. The van der Waals surface area contributed by atoms with Crippen molar-refractivity contribution in [2.45, 2.75) is 13.8 Å². The maximum absolute atomic E-state index is 12.5. The molecule has 0 unspecified atom stereocenters. The fraction of sp³-hybridized carbons (Fsp3) is 0.263. The van der Waals surface area contributed by atoms with Crippen molar-refractivity contribution in [2.75, 3.05) is 25.6 Å². The number of nitrogens with one attached hydrogen (secondary N) is 2. The van der Waals surface area contributed by atoms with Gasteiger partial charge >= 0.3 is 0 Å². The van der Waals surface area contributed by atoms with Gasteiger partial charge in [-0.3, -0.25) is 9.59 Å². The molecule has 0 atom stereocenters. The van der Waals surface area contributed by atoms with Gasteiger partial charge in [0.05, 0.1) is 13.2 Å². The summed E-state index contributed by atoms with van der Waals surface area (Å²) in [7, 11) is 1.56. The molecule has 2 aromatic rings. The van der Waals surface area contributed by atoms with Crippen LogP contribution in [0.15, 0.2) is 42.5 Å². The van der Waals surface area contributed by atoms with Crippen molar-refractivity contribution >= 4 is 17.5 Å². The zero-order chi connectivity index (χ0) is 18.2. The summed E-state index contributed by atoms with van der Waals surface area (Å²) < 4.78 is 11.0. The maximum atomic E-state index is 12.5. The Labute approximate surface area is 147 Å². The predicted octanol–water partition coefficient (Wildman–Crippen LogP) is 3.10. The van der Waals surface area contributed by atoms with Crippen LogP contribution >= 0.6 is 0 Å². The monoisotopic (exact) mass is 342 g/mol. The normalized spacial score (nSPS) is 10.0. The third kappa shape index (κ3) is 4.73. The summed E-state index contributed by atoms with van der Waals surface area (Å²) in [6, 6.07) is 11.8. The zero-order valence-corrected chi connectivity index (χ0v) is 14.6.